The first-order valence-corrected chi connectivity index (χ1v) is 8.44. The molecule has 1 aromatic heterocycles. The van der Waals surface area contributed by atoms with E-state index in [0.29, 0.717) is 24.7 Å². The lowest BCUT2D eigenvalue weighted by Gasteiger charge is -2.55. The van der Waals surface area contributed by atoms with Crippen LogP contribution in [0.25, 0.3) is 11.4 Å². The number of carboxylic acid groups (broad SMARTS) is 1. The second-order valence-electron chi connectivity index (χ2n) is 6.72. The Bertz CT molecular complexity index is 736. The molecule has 1 saturated heterocycles. The van der Waals surface area contributed by atoms with Crippen molar-refractivity contribution in [3.63, 3.8) is 0 Å². The molecule has 0 bridgehead atoms. The molecule has 1 N–H and O–H groups in total. The summed E-state index contributed by atoms with van der Waals surface area (Å²) in [7, 11) is 0. The van der Waals surface area contributed by atoms with Gasteiger partial charge >= 0.3 is 6.09 Å². The highest BCUT2D eigenvalue weighted by Crippen LogP contribution is 2.52. The van der Waals surface area contributed by atoms with Crippen LogP contribution in [0.3, 0.4) is 0 Å². The lowest BCUT2D eigenvalue weighted by Crippen LogP contribution is -2.65. The SMILES string of the molecule is CC(C)(C)[C@]1(c2nc(-c3ccc(I)cc3)no2)CCN1C(=O)O. The number of hydrogen-bond acceptors (Lipinski definition) is 4. The zero-order valence-corrected chi connectivity index (χ0v) is 15.4. The van der Waals surface area contributed by atoms with Gasteiger partial charge in [-0.2, -0.15) is 4.98 Å². The van der Waals surface area contributed by atoms with E-state index in [9.17, 15) is 9.90 Å². The summed E-state index contributed by atoms with van der Waals surface area (Å²) >= 11 is 2.23. The van der Waals surface area contributed by atoms with Crippen molar-refractivity contribution >= 4 is 28.7 Å². The topological polar surface area (TPSA) is 79.5 Å². The molecule has 122 valence electrons. The zero-order chi connectivity index (χ0) is 16.8. The maximum absolute atomic E-state index is 11.6. The Morgan fingerprint density at radius 3 is 2.48 bits per heavy atom. The van der Waals surface area contributed by atoms with Gasteiger partial charge < -0.3 is 9.63 Å². The van der Waals surface area contributed by atoms with Crippen LogP contribution in [0.1, 0.15) is 33.1 Å². The van der Waals surface area contributed by atoms with Crippen LogP contribution >= 0.6 is 22.6 Å². The van der Waals surface area contributed by atoms with Crippen LogP contribution in [0, 0.1) is 8.99 Å². The third-order valence-electron chi connectivity index (χ3n) is 4.51. The molecule has 1 aliphatic rings. The van der Waals surface area contributed by atoms with Crippen molar-refractivity contribution < 1.29 is 14.4 Å². The van der Waals surface area contributed by atoms with Crippen molar-refractivity contribution in [1.82, 2.24) is 15.0 Å². The summed E-state index contributed by atoms with van der Waals surface area (Å²) in [5.74, 6) is 0.851. The molecule has 1 amide bonds. The maximum Gasteiger partial charge on any atom is 0.408 e. The van der Waals surface area contributed by atoms with E-state index in [2.05, 4.69) is 32.7 Å². The molecule has 0 radical (unpaired) electrons. The minimum atomic E-state index is -0.958. The van der Waals surface area contributed by atoms with Crippen LogP contribution in [0.2, 0.25) is 0 Å². The van der Waals surface area contributed by atoms with Crippen LogP contribution in [-0.4, -0.2) is 32.8 Å². The van der Waals surface area contributed by atoms with Crippen molar-refractivity contribution in [2.75, 3.05) is 6.54 Å². The average molecular weight is 427 g/mol. The number of likely N-dealkylation sites (tertiary alicyclic amines) is 1. The summed E-state index contributed by atoms with van der Waals surface area (Å²) in [6, 6.07) is 7.79. The molecule has 1 atom stereocenters. The number of rotatable bonds is 2. The predicted octanol–water partition coefficient (Wildman–Crippen LogP) is 3.97. The molecule has 23 heavy (non-hydrogen) atoms. The van der Waals surface area contributed by atoms with Crippen LogP contribution in [0.15, 0.2) is 28.8 Å². The van der Waals surface area contributed by atoms with E-state index in [1.54, 1.807) is 0 Å². The van der Waals surface area contributed by atoms with Gasteiger partial charge in [-0.15, -0.1) is 0 Å². The van der Waals surface area contributed by atoms with Crippen molar-refractivity contribution in [2.24, 2.45) is 5.41 Å². The number of amides is 1. The van der Waals surface area contributed by atoms with Gasteiger partial charge in [-0.05, 0) is 46.6 Å². The molecule has 0 saturated carbocycles. The normalized spacial score (nSPS) is 21.1. The average Bonchev–Trinajstić information content (AvgIpc) is 2.86. The molecular weight excluding hydrogens is 409 g/mol. The van der Waals surface area contributed by atoms with Crippen LogP contribution < -0.4 is 0 Å². The van der Waals surface area contributed by atoms with Gasteiger partial charge in [-0.1, -0.05) is 38.1 Å². The number of benzene rings is 1. The highest BCUT2D eigenvalue weighted by molar-refractivity contribution is 14.1. The first-order chi connectivity index (χ1) is 10.8. The highest BCUT2D eigenvalue weighted by Gasteiger charge is 2.60. The minimum absolute atomic E-state index is 0.348. The van der Waals surface area contributed by atoms with Crippen molar-refractivity contribution in [1.29, 1.82) is 0 Å². The fraction of sp³-hybridized carbons (Fsp3) is 0.438. The van der Waals surface area contributed by atoms with Crippen LogP contribution in [-0.2, 0) is 5.54 Å². The molecule has 0 unspecified atom stereocenters. The smallest absolute Gasteiger partial charge is 0.408 e. The van der Waals surface area contributed by atoms with E-state index >= 15 is 0 Å². The molecule has 0 aliphatic carbocycles. The molecule has 0 spiro atoms. The Hall–Kier alpha value is -1.64. The molecule has 1 aromatic carbocycles. The Kier molecular flexibility index (Phi) is 3.86. The van der Waals surface area contributed by atoms with Gasteiger partial charge in [0.2, 0.25) is 5.82 Å². The van der Waals surface area contributed by atoms with E-state index in [1.165, 1.54) is 4.90 Å². The lowest BCUT2D eigenvalue weighted by atomic mass is 9.65. The number of hydrogen-bond donors (Lipinski definition) is 1. The van der Waals surface area contributed by atoms with Gasteiger partial charge in [-0.25, -0.2) is 4.79 Å². The van der Waals surface area contributed by atoms with Gasteiger partial charge in [-0.3, -0.25) is 4.90 Å². The van der Waals surface area contributed by atoms with E-state index in [4.69, 9.17) is 4.52 Å². The number of halogens is 1. The summed E-state index contributed by atoms with van der Waals surface area (Å²) in [4.78, 5) is 17.5. The first kappa shape index (κ1) is 16.2. The second-order valence-corrected chi connectivity index (χ2v) is 7.97. The van der Waals surface area contributed by atoms with E-state index < -0.39 is 11.6 Å². The summed E-state index contributed by atoms with van der Waals surface area (Å²) in [6.45, 7) is 6.47. The van der Waals surface area contributed by atoms with Gasteiger partial charge in [0.1, 0.15) is 5.54 Å². The van der Waals surface area contributed by atoms with E-state index in [1.807, 2.05) is 45.0 Å². The molecule has 7 heteroatoms. The second kappa shape index (κ2) is 5.47. The largest absolute Gasteiger partial charge is 0.465 e. The van der Waals surface area contributed by atoms with E-state index in [-0.39, 0.29) is 5.41 Å². The number of nitrogens with zero attached hydrogens (tertiary/aromatic N) is 3. The molecule has 1 aliphatic heterocycles. The predicted molar refractivity (Wildman–Crippen MR) is 92.9 cm³/mol. The number of carbonyl (C=O) groups is 1. The molecule has 3 rings (SSSR count). The standard InChI is InChI=1S/C16H18IN3O3/c1-15(2,3)16(8-9-20(16)14(21)22)13-18-12(19-23-13)10-4-6-11(17)7-5-10/h4-7H,8-9H2,1-3H3,(H,21,22)/t16-/m1/s1. The van der Waals surface area contributed by atoms with Gasteiger partial charge in [0, 0.05) is 15.7 Å². The zero-order valence-electron chi connectivity index (χ0n) is 13.2. The summed E-state index contributed by atoms with van der Waals surface area (Å²) in [5, 5.41) is 13.5. The van der Waals surface area contributed by atoms with Gasteiger partial charge in [0.05, 0.1) is 0 Å². The summed E-state index contributed by atoms with van der Waals surface area (Å²) < 4.78 is 6.62. The molecule has 2 aromatic rings. The fourth-order valence-corrected chi connectivity index (χ4v) is 3.50. The monoisotopic (exact) mass is 427 g/mol. The Morgan fingerprint density at radius 1 is 1.35 bits per heavy atom. The third kappa shape index (κ3) is 2.50. The maximum atomic E-state index is 11.6. The Labute approximate surface area is 148 Å². The first-order valence-electron chi connectivity index (χ1n) is 7.36. The van der Waals surface area contributed by atoms with Gasteiger partial charge in [0.25, 0.3) is 5.89 Å². The molecule has 6 nitrogen and oxygen atoms in total. The summed E-state index contributed by atoms with van der Waals surface area (Å²) in [6.07, 6.45) is -0.280. The van der Waals surface area contributed by atoms with Crippen molar-refractivity contribution in [3.05, 3.63) is 33.7 Å². The highest BCUT2D eigenvalue weighted by atomic mass is 127. The molecular formula is C16H18IN3O3. The van der Waals surface area contributed by atoms with Crippen molar-refractivity contribution in [3.8, 4) is 11.4 Å². The quantitative estimate of drug-likeness (QED) is 0.734. The molecule has 1 fully saturated rings. The fourth-order valence-electron chi connectivity index (χ4n) is 3.14. The Morgan fingerprint density at radius 2 is 2.00 bits per heavy atom. The lowest BCUT2D eigenvalue weighted by molar-refractivity contribution is -0.0969. The van der Waals surface area contributed by atoms with Gasteiger partial charge in [0.15, 0.2) is 0 Å². The number of aromatic nitrogens is 2. The molecule has 2 heterocycles. The Balaban J connectivity index is 2.03. The van der Waals surface area contributed by atoms with Crippen LogP contribution in [0.5, 0.6) is 0 Å². The van der Waals surface area contributed by atoms with E-state index in [0.717, 1.165) is 9.13 Å². The van der Waals surface area contributed by atoms with Crippen molar-refractivity contribution in [2.45, 2.75) is 32.7 Å². The third-order valence-corrected chi connectivity index (χ3v) is 5.23. The summed E-state index contributed by atoms with van der Waals surface area (Å²) in [5.41, 5.74) is -0.266. The minimum Gasteiger partial charge on any atom is -0.465 e. The van der Waals surface area contributed by atoms with Crippen LogP contribution in [0.4, 0.5) is 4.79 Å².